The lowest BCUT2D eigenvalue weighted by Crippen LogP contribution is -2.37. The van der Waals surface area contributed by atoms with Crippen LogP contribution in [-0.2, 0) is 11.3 Å². The Bertz CT molecular complexity index is 400. The molecule has 0 aliphatic heterocycles. The number of rotatable bonds is 7. The van der Waals surface area contributed by atoms with Crippen LogP contribution in [-0.4, -0.2) is 25.2 Å². The van der Waals surface area contributed by atoms with Crippen LogP contribution in [0.4, 0.5) is 0 Å². The lowest BCUT2D eigenvalue weighted by atomic mass is 9.72. The zero-order chi connectivity index (χ0) is 14.3. The second kappa shape index (κ2) is 7.75. The maximum Gasteiger partial charge on any atom is 0.0468 e. The van der Waals surface area contributed by atoms with Crippen LogP contribution in [0.25, 0.3) is 0 Å². The van der Waals surface area contributed by atoms with Gasteiger partial charge in [0, 0.05) is 39.2 Å². The molecule has 0 spiro atoms. The lowest BCUT2D eigenvalue weighted by Gasteiger charge is -2.37. The van der Waals surface area contributed by atoms with Gasteiger partial charge in [0.05, 0.1) is 0 Å². The number of hydrogen-bond acceptors (Lipinski definition) is 3. The molecule has 1 saturated carbocycles. The first-order chi connectivity index (χ1) is 9.74. The fourth-order valence-electron chi connectivity index (χ4n) is 3.32. The van der Waals surface area contributed by atoms with Crippen molar-refractivity contribution in [1.82, 2.24) is 10.3 Å². The highest BCUT2D eigenvalue weighted by molar-refractivity contribution is 5.16. The molecule has 0 amide bonds. The van der Waals surface area contributed by atoms with E-state index in [0.717, 1.165) is 19.7 Å². The molecule has 20 heavy (non-hydrogen) atoms. The van der Waals surface area contributed by atoms with Gasteiger partial charge < -0.3 is 10.1 Å². The van der Waals surface area contributed by atoms with E-state index in [4.69, 9.17) is 4.74 Å². The molecular formula is C17H28N2O. The van der Waals surface area contributed by atoms with Crippen LogP contribution in [0.1, 0.15) is 49.7 Å². The molecule has 3 nitrogen and oxygen atoms in total. The Hall–Kier alpha value is -0.930. The van der Waals surface area contributed by atoms with Gasteiger partial charge in [-0.3, -0.25) is 4.98 Å². The van der Waals surface area contributed by atoms with Crippen LogP contribution in [0.3, 0.4) is 0 Å². The van der Waals surface area contributed by atoms with Gasteiger partial charge in [-0.1, -0.05) is 25.3 Å². The summed E-state index contributed by atoms with van der Waals surface area (Å²) in [5, 5.41) is 3.65. The summed E-state index contributed by atoms with van der Waals surface area (Å²) in [6, 6.07) is 2.21. The first-order valence-electron chi connectivity index (χ1n) is 7.84. The molecule has 1 aromatic rings. The van der Waals surface area contributed by atoms with Crippen LogP contribution < -0.4 is 5.32 Å². The van der Waals surface area contributed by atoms with Gasteiger partial charge in [-0.2, -0.15) is 0 Å². The number of aromatic nitrogens is 1. The summed E-state index contributed by atoms with van der Waals surface area (Å²) in [7, 11) is 1.81. The first-order valence-corrected chi connectivity index (χ1v) is 7.84. The Kier molecular flexibility index (Phi) is 5.99. The Labute approximate surface area is 123 Å². The minimum Gasteiger partial charge on any atom is -0.385 e. The number of ether oxygens (including phenoxy) is 1. The summed E-state index contributed by atoms with van der Waals surface area (Å²) in [6.45, 7) is 5.00. The maximum absolute atomic E-state index is 5.31. The van der Waals surface area contributed by atoms with Gasteiger partial charge in [0.25, 0.3) is 0 Å². The molecule has 112 valence electrons. The van der Waals surface area contributed by atoms with Gasteiger partial charge in [-0.25, -0.2) is 0 Å². The number of methoxy groups -OCH3 is 1. The quantitative estimate of drug-likeness (QED) is 0.828. The van der Waals surface area contributed by atoms with Crippen molar-refractivity contribution >= 4 is 0 Å². The number of nitrogens with zero attached hydrogens (tertiary/aromatic N) is 1. The largest absolute Gasteiger partial charge is 0.385 e. The van der Waals surface area contributed by atoms with Gasteiger partial charge >= 0.3 is 0 Å². The molecule has 0 aromatic carbocycles. The topological polar surface area (TPSA) is 34.1 Å². The average Bonchev–Trinajstić information content (AvgIpc) is 2.46. The molecule has 2 rings (SSSR count). The van der Waals surface area contributed by atoms with E-state index in [1.54, 1.807) is 0 Å². The Balaban J connectivity index is 1.85. The summed E-state index contributed by atoms with van der Waals surface area (Å²) >= 11 is 0. The van der Waals surface area contributed by atoms with Gasteiger partial charge in [0.2, 0.25) is 0 Å². The zero-order valence-electron chi connectivity index (χ0n) is 13.0. The Morgan fingerprint density at radius 2 is 2.05 bits per heavy atom. The summed E-state index contributed by atoms with van der Waals surface area (Å²) in [5.74, 6) is 0. The van der Waals surface area contributed by atoms with Crippen LogP contribution in [0.5, 0.6) is 0 Å². The Morgan fingerprint density at radius 3 is 2.75 bits per heavy atom. The first kappa shape index (κ1) is 15.5. The maximum atomic E-state index is 5.31. The highest BCUT2D eigenvalue weighted by atomic mass is 16.5. The minimum absolute atomic E-state index is 0.450. The number of aryl methyl sites for hydroxylation is 1. The second-order valence-electron chi connectivity index (χ2n) is 6.28. The van der Waals surface area contributed by atoms with Crippen LogP contribution >= 0.6 is 0 Å². The minimum atomic E-state index is 0.450. The van der Waals surface area contributed by atoms with E-state index < -0.39 is 0 Å². The summed E-state index contributed by atoms with van der Waals surface area (Å²) in [4.78, 5) is 4.26. The van der Waals surface area contributed by atoms with Crippen molar-refractivity contribution in [2.75, 3.05) is 20.3 Å². The number of hydrogen-bond donors (Lipinski definition) is 1. The second-order valence-corrected chi connectivity index (χ2v) is 6.28. The standard InChI is InChI=1S/C17H28N2O/c1-15-10-16(12-18-11-15)13-19-14-17(8-9-20-2)6-4-3-5-7-17/h10-12,19H,3-9,13-14H2,1-2H3. The molecule has 0 radical (unpaired) electrons. The molecule has 1 aromatic heterocycles. The zero-order valence-corrected chi connectivity index (χ0v) is 13.0. The number of pyridine rings is 1. The molecule has 1 aliphatic rings. The van der Waals surface area contributed by atoms with Crippen molar-refractivity contribution in [3.63, 3.8) is 0 Å². The third kappa shape index (κ3) is 4.57. The van der Waals surface area contributed by atoms with Crippen molar-refractivity contribution < 1.29 is 4.74 Å². The van der Waals surface area contributed by atoms with E-state index in [2.05, 4.69) is 23.3 Å². The Morgan fingerprint density at radius 1 is 1.25 bits per heavy atom. The molecule has 0 bridgehead atoms. The third-order valence-corrected chi connectivity index (χ3v) is 4.51. The van der Waals surface area contributed by atoms with Crippen molar-refractivity contribution in [1.29, 1.82) is 0 Å². The van der Waals surface area contributed by atoms with E-state index in [0.29, 0.717) is 5.41 Å². The van der Waals surface area contributed by atoms with E-state index in [1.807, 2.05) is 19.5 Å². The molecule has 1 aliphatic carbocycles. The highest BCUT2D eigenvalue weighted by Crippen LogP contribution is 2.38. The smallest absolute Gasteiger partial charge is 0.0468 e. The predicted molar refractivity (Wildman–Crippen MR) is 82.7 cm³/mol. The van der Waals surface area contributed by atoms with Crippen LogP contribution in [0, 0.1) is 12.3 Å². The van der Waals surface area contributed by atoms with Gasteiger partial charge in [-0.15, -0.1) is 0 Å². The summed E-state index contributed by atoms with van der Waals surface area (Å²) < 4.78 is 5.31. The van der Waals surface area contributed by atoms with Crippen molar-refractivity contribution in [3.8, 4) is 0 Å². The molecule has 0 saturated heterocycles. The van der Waals surface area contributed by atoms with Crippen LogP contribution in [0.2, 0.25) is 0 Å². The number of nitrogens with one attached hydrogen (secondary N) is 1. The van der Waals surface area contributed by atoms with Gasteiger partial charge in [0.15, 0.2) is 0 Å². The fraction of sp³-hybridized carbons (Fsp3) is 0.706. The SMILES string of the molecule is COCCC1(CNCc2cncc(C)c2)CCCCC1. The van der Waals surface area contributed by atoms with E-state index in [1.165, 1.54) is 49.7 Å². The van der Waals surface area contributed by atoms with Crippen LogP contribution in [0.15, 0.2) is 18.5 Å². The molecule has 1 fully saturated rings. The van der Waals surface area contributed by atoms with Crippen molar-refractivity contribution in [2.24, 2.45) is 5.41 Å². The summed E-state index contributed by atoms with van der Waals surface area (Å²) in [6.07, 6.45) is 11.9. The monoisotopic (exact) mass is 276 g/mol. The molecule has 0 unspecified atom stereocenters. The van der Waals surface area contributed by atoms with Crippen molar-refractivity contribution in [2.45, 2.75) is 52.0 Å². The van der Waals surface area contributed by atoms with Gasteiger partial charge in [0.1, 0.15) is 0 Å². The lowest BCUT2D eigenvalue weighted by molar-refractivity contribution is 0.101. The molecule has 0 atom stereocenters. The molecule has 1 heterocycles. The fourth-order valence-corrected chi connectivity index (χ4v) is 3.32. The van der Waals surface area contributed by atoms with E-state index >= 15 is 0 Å². The van der Waals surface area contributed by atoms with E-state index in [9.17, 15) is 0 Å². The van der Waals surface area contributed by atoms with Gasteiger partial charge in [-0.05, 0) is 42.7 Å². The molecule has 1 N–H and O–H groups in total. The summed E-state index contributed by atoms with van der Waals surface area (Å²) in [5.41, 5.74) is 2.96. The normalized spacial score (nSPS) is 18.1. The molecular weight excluding hydrogens is 248 g/mol. The molecule has 3 heteroatoms. The highest BCUT2D eigenvalue weighted by Gasteiger charge is 2.31. The van der Waals surface area contributed by atoms with E-state index in [-0.39, 0.29) is 0 Å². The third-order valence-electron chi connectivity index (χ3n) is 4.51. The average molecular weight is 276 g/mol. The predicted octanol–water partition coefficient (Wildman–Crippen LogP) is 3.47. The van der Waals surface area contributed by atoms with Crippen molar-refractivity contribution in [3.05, 3.63) is 29.6 Å².